The Morgan fingerprint density at radius 3 is 2.45 bits per heavy atom. The van der Waals surface area contributed by atoms with Gasteiger partial charge in [0.25, 0.3) is 10.0 Å². The number of hydrogen-bond acceptors (Lipinski definition) is 4. The molecule has 2 rings (SSSR count). The minimum Gasteiger partial charge on any atom is -0.492 e. The first-order valence-corrected chi connectivity index (χ1v) is 7.62. The van der Waals surface area contributed by atoms with E-state index >= 15 is 0 Å². The second kappa shape index (κ2) is 5.83. The summed E-state index contributed by atoms with van der Waals surface area (Å²) in [5, 5.41) is 0. The summed E-state index contributed by atoms with van der Waals surface area (Å²) < 4.78 is 32.6. The van der Waals surface area contributed by atoms with Gasteiger partial charge in [0, 0.05) is 0 Å². The Morgan fingerprint density at radius 1 is 1.10 bits per heavy atom. The van der Waals surface area contributed by atoms with Crippen LogP contribution in [-0.4, -0.2) is 15.0 Å². The number of nitrogens with one attached hydrogen (secondary N) is 1. The summed E-state index contributed by atoms with van der Waals surface area (Å²) in [5.41, 5.74) is 6.30. The molecule has 0 bridgehead atoms. The van der Waals surface area contributed by atoms with Crippen LogP contribution in [0.2, 0.25) is 0 Å². The quantitative estimate of drug-likeness (QED) is 0.829. The van der Waals surface area contributed by atoms with Gasteiger partial charge in [0.2, 0.25) is 0 Å². The van der Waals surface area contributed by atoms with Crippen LogP contribution in [0, 0.1) is 0 Å². The molecule has 6 heteroatoms. The zero-order valence-corrected chi connectivity index (χ0v) is 11.9. The predicted molar refractivity (Wildman–Crippen MR) is 79.3 cm³/mol. The molecule has 0 aliphatic carbocycles. The van der Waals surface area contributed by atoms with E-state index in [0.717, 1.165) is 0 Å². The van der Waals surface area contributed by atoms with E-state index < -0.39 is 10.0 Å². The molecule has 0 unspecified atom stereocenters. The van der Waals surface area contributed by atoms with Crippen molar-refractivity contribution >= 4 is 21.4 Å². The van der Waals surface area contributed by atoms with Gasteiger partial charge < -0.3 is 10.5 Å². The highest BCUT2D eigenvalue weighted by Gasteiger charge is 2.18. The van der Waals surface area contributed by atoms with E-state index in [1.165, 1.54) is 6.07 Å². The normalized spacial score (nSPS) is 11.1. The van der Waals surface area contributed by atoms with Crippen molar-refractivity contribution in [1.29, 1.82) is 0 Å². The Hall–Kier alpha value is -2.21. The average Bonchev–Trinajstić information content (AvgIpc) is 2.41. The van der Waals surface area contributed by atoms with Crippen molar-refractivity contribution in [2.75, 3.05) is 17.1 Å². The van der Waals surface area contributed by atoms with Crippen LogP contribution in [0.3, 0.4) is 0 Å². The van der Waals surface area contributed by atoms with Crippen molar-refractivity contribution < 1.29 is 13.2 Å². The smallest absolute Gasteiger partial charge is 0.264 e. The summed E-state index contributed by atoms with van der Waals surface area (Å²) >= 11 is 0. The molecular formula is C14H16N2O3S. The average molecular weight is 292 g/mol. The van der Waals surface area contributed by atoms with Gasteiger partial charge in [-0.25, -0.2) is 8.42 Å². The van der Waals surface area contributed by atoms with Crippen LogP contribution in [0.25, 0.3) is 0 Å². The molecule has 0 atom stereocenters. The third kappa shape index (κ3) is 3.03. The lowest BCUT2D eigenvalue weighted by atomic mass is 10.3. The molecule has 0 spiro atoms. The van der Waals surface area contributed by atoms with Crippen molar-refractivity contribution in [3.63, 3.8) is 0 Å². The van der Waals surface area contributed by atoms with Gasteiger partial charge in [-0.05, 0) is 31.2 Å². The van der Waals surface area contributed by atoms with Crippen molar-refractivity contribution in [3.05, 3.63) is 48.5 Å². The van der Waals surface area contributed by atoms with Crippen molar-refractivity contribution in [1.82, 2.24) is 0 Å². The first kappa shape index (κ1) is 14.2. The van der Waals surface area contributed by atoms with Crippen LogP contribution >= 0.6 is 0 Å². The fourth-order valence-electron chi connectivity index (χ4n) is 1.76. The highest BCUT2D eigenvalue weighted by molar-refractivity contribution is 7.92. The number of ether oxygens (including phenoxy) is 1. The standard InChI is InChI=1S/C14H16N2O3S/c1-2-19-13-9-5-4-8-12(13)16-20(17,18)14-10-6-3-7-11(14)15/h3-10,16H,2,15H2,1H3. The van der Waals surface area contributed by atoms with Gasteiger partial charge in [-0.15, -0.1) is 0 Å². The van der Waals surface area contributed by atoms with Gasteiger partial charge >= 0.3 is 0 Å². The number of sulfonamides is 1. The van der Waals surface area contributed by atoms with E-state index in [0.29, 0.717) is 18.0 Å². The number of benzene rings is 2. The fraction of sp³-hybridized carbons (Fsp3) is 0.143. The zero-order valence-electron chi connectivity index (χ0n) is 11.0. The molecule has 0 amide bonds. The highest BCUT2D eigenvalue weighted by Crippen LogP contribution is 2.27. The molecule has 0 saturated carbocycles. The summed E-state index contributed by atoms with van der Waals surface area (Å²) in [6, 6.07) is 13.2. The molecule has 0 fully saturated rings. The molecule has 0 aromatic heterocycles. The molecular weight excluding hydrogens is 276 g/mol. The first-order chi connectivity index (χ1) is 9.54. The molecule has 0 saturated heterocycles. The van der Waals surface area contributed by atoms with Gasteiger partial charge in [0.05, 0.1) is 18.0 Å². The van der Waals surface area contributed by atoms with Crippen molar-refractivity contribution in [2.24, 2.45) is 0 Å². The van der Waals surface area contributed by atoms with Crippen LogP contribution in [-0.2, 0) is 10.0 Å². The van der Waals surface area contributed by atoms with Crippen LogP contribution < -0.4 is 15.2 Å². The molecule has 0 radical (unpaired) electrons. The molecule has 2 aromatic rings. The fourth-order valence-corrected chi connectivity index (χ4v) is 2.96. The number of hydrogen-bond donors (Lipinski definition) is 2. The maximum Gasteiger partial charge on any atom is 0.264 e. The molecule has 20 heavy (non-hydrogen) atoms. The summed E-state index contributed by atoms with van der Waals surface area (Å²) in [4.78, 5) is 0.0475. The summed E-state index contributed by atoms with van der Waals surface area (Å²) in [6.45, 7) is 2.28. The second-order valence-corrected chi connectivity index (χ2v) is 5.72. The summed E-state index contributed by atoms with van der Waals surface area (Å²) in [5.74, 6) is 0.480. The molecule has 5 nitrogen and oxygen atoms in total. The van der Waals surface area contributed by atoms with E-state index in [9.17, 15) is 8.42 Å². The Bertz CT molecular complexity index is 699. The number of anilines is 2. The summed E-state index contributed by atoms with van der Waals surface area (Å²) in [7, 11) is -3.74. The number of rotatable bonds is 5. The molecule has 106 valence electrons. The highest BCUT2D eigenvalue weighted by atomic mass is 32.2. The Kier molecular flexibility index (Phi) is 4.14. The third-order valence-electron chi connectivity index (χ3n) is 2.64. The maximum atomic E-state index is 12.3. The molecule has 0 aliphatic rings. The minimum atomic E-state index is -3.74. The largest absolute Gasteiger partial charge is 0.492 e. The topological polar surface area (TPSA) is 81.4 Å². The van der Waals surface area contributed by atoms with Crippen molar-refractivity contribution in [3.8, 4) is 5.75 Å². The number of nitrogens with two attached hydrogens (primary N) is 1. The Morgan fingerprint density at radius 2 is 1.75 bits per heavy atom. The lowest BCUT2D eigenvalue weighted by molar-refractivity contribution is 0.342. The lowest BCUT2D eigenvalue weighted by Crippen LogP contribution is -2.15. The second-order valence-electron chi connectivity index (χ2n) is 4.07. The first-order valence-electron chi connectivity index (χ1n) is 6.13. The van der Waals surface area contributed by atoms with E-state index in [-0.39, 0.29) is 10.6 Å². The van der Waals surface area contributed by atoms with Crippen molar-refractivity contribution in [2.45, 2.75) is 11.8 Å². The van der Waals surface area contributed by atoms with Gasteiger partial charge in [0.1, 0.15) is 10.6 Å². The van der Waals surface area contributed by atoms with Gasteiger partial charge in [0.15, 0.2) is 0 Å². The SMILES string of the molecule is CCOc1ccccc1NS(=O)(=O)c1ccccc1N. The maximum absolute atomic E-state index is 12.3. The van der Waals surface area contributed by atoms with E-state index in [4.69, 9.17) is 10.5 Å². The van der Waals surface area contributed by atoms with Gasteiger partial charge in [-0.1, -0.05) is 24.3 Å². The van der Waals surface area contributed by atoms with E-state index in [1.807, 2.05) is 6.92 Å². The molecule has 3 N–H and O–H groups in total. The zero-order chi connectivity index (χ0) is 14.6. The van der Waals surface area contributed by atoms with E-state index in [1.54, 1.807) is 42.5 Å². The Labute approximate surface area is 118 Å². The number of para-hydroxylation sites is 3. The van der Waals surface area contributed by atoms with Crippen LogP contribution in [0.15, 0.2) is 53.4 Å². The van der Waals surface area contributed by atoms with E-state index in [2.05, 4.69) is 4.72 Å². The van der Waals surface area contributed by atoms with Crippen LogP contribution in [0.1, 0.15) is 6.92 Å². The summed E-state index contributed by atoms with van der Waals surface area (Å²) in [6.07, 6.45) is 0. The number of nitrogen functional groups attached to an aromatic ring is 1. The lowest BCUT2D eigenvalue weighted by Gasteiger charge is -2.13. The minimum absolute atomic E-state index is 0.0475. The monoisotopic (exact) mass is 292 g/mol. The van der Waals surface area contributed by atoms with Gasteiger partial charge in [-0.2, -0.15) is 0 Å². The van der Waals surface area contributed by atoms with Gasteiger partial charge in [-0.3, -0.25) is 4.72 Å². The predicted octanol–water partition coefficient (Wildman–Crippen LogP) is 2.47. The molecule has 0 heterocycles. The Balaban J connectivity index is 2.37. The van der Waals surface area contributed by atoms with Crippen LogP contribution in [0.4, 0.5) is 11.4 Å². The molecule has 0 aliphatic heterocycles. The third-order valence-corrected chi connectivity index (χ3v) is 4.08. The van der Waals surface area contributed by atoms with Crippen LogP contribution in [0.5, 0.6) is 5.75 Å². The molecule has 2 aromatic carbocycles.